The number of hydrogen-bond donors (Lipinski definition) is 3. The summed E-state index contributed by atoms with van der Waals surface area (Å²) in [5, 5.41) is 18.3. The number of halogens is 2. The third-order valence-corrected chi connectivity index (χ3v) is 7.96. The van der Waals surface area contributed by atoms with E-state index in [1.54, 1.807) is 29.2 Å². The molecular weight excluding hydrogens is 519 g/mol. The third kappa shape index (κ3) is 5.34. The highest BCUT2D eigenvalue weighted by atomic mass is 35.5. The molecule has 3 aliphatic heterocycles. The van der Waals surface area contributed by atoms with E-state index in [1.807, 2.05) is 12.1 Å². The van der Waals surface area contributed by atoms with Gasteiger partial charge in [-0.05, 0) is 61.6 Å². The Balaban J connectivity index is 0.00000304. The average Bonchev–Trinajstić information content (AvgIpc) is 2.80. The van der Waals surface area contributed by atoms with Crippen LogP contribution in [0.4, 0.5) is 5.69 Å². The topological polar surface area (TPSA) is 84.9 Å². The quantitative estimate of drug-likeness (QED) is 0.531. The molecule has 10 heteroatoms. The SMILES string of the molecule is C[C@@](O)(C(=O)N1CCC(N2CC(Nc3cc(Cl)c4c(c3)CCNC4=O)C2)CC1)c1cccc(Cl)c1.S. The smallest absolute Gasteiger partial charge is 0.258 e. The average molecular weight is 552 g/mol. The van der Waals surface area contributed by atoms with Crippen molar-refractivity contribution < 1.29 is 14.7 Å². The highest BCUT2D eigenvalue weighted by molar-refractivity contribution is 7.59. The Kier molecular flexibility index (Phi) is 8.12. The van der Waals surface area contributed by atoms with Gasteiger partial charge in [-0.15, -0.1) is 0 Å². The maximum Gasteiger partial charge on any atom is 0.258 e. The molecule has 194 valence electrons. The summed E-state index contributed by atoms with van der Waals surface area (Å²) in [4.78, 5) is 29.3. The number of carbonyl (C=O) groups excluding carboxylic acids is 2. The van der Waals surface area contributed by atoms with E-state index >= 15 is 0 Å². The molecule has 1 atom stereocenters. The lowest BCUT2D eigenvalue weighted by atomic mass is 9.92. The minimum Gasteiger partial charge on any atom is -0.380 e. The standard InChI is InChI=1S/C26H30Cl2N4O3.H2S/c1-26(35,17-3-2-4-18(27)12-17)25(34)31-9-6-21(7-10-31)32-14-20(15-32)30-19-11-16-5-8-29-24(33)23(16)22(28)13-19;/h2-4,11-13,20-21,30,35H,5-10,14-15H2,1H3,(H,29,33);1H2/t26-;/m0./s1. The van der Waals surface area contributed by atoms with Crippen LogP contribution in [0.3, 0.4) is 0 Å². The molecule has 0 aliphatic carbocycles. The molecule has 0 spiro atoms. The number of hydrogen-bond acceptors (Lipinski definition) is 5. The van der Waals surface area contributed by atoms with Gasteiger partial charge >= 0.3 is 0 Å². The fourth-order valence-electron chi connectivity index (χ4n) is 5.39. The lowest BCUT2D eigenvalue weighted by molar-refractivity contribution is -0.152. The Morgan fingerprint density at radius 1 is 1.17 bits per heavy atom. The Hall–Kier alpha value is -1.97. The Bertz CT molecular complexity index is 1150. The van der Waals surface area contributed by atoms with E-state index in [0.717, 1.165) is 43.6 Å². The minimum atomic E-state index is -1.60. The van der Waals surface area contributed by atoms with E-state index in [-0.39, 0.29) is 25.3 Å². The van der Waals surface area contributed by atoms with Crippen LogP contribution in [0.5, 0.6) is 0 Å². The lowest BCUT2D eigenvalue weighted by Crippen LogP contribution is -2.61. The number of nitrogens with one attached hydrogen (secondary N) is 2. The molecule has 2 amide bonds. The van der Waals surface area contributed by atoms with Gasteiger partial charge in [0.05, 0.1) is 16.6 Å². The highest BCUT2D eigenvalue weighted by Gasteiger charge is 2.40. The van der Waals surface area contributed by atoms with Crippen molar-refractivity contribution in [1.82, 2.24) is 15.1 Å². The molecule has 7 nitrogen and oxygen atoms in total. The van der Waals surface area contributed by atoms with E-state index in [4.69, 9.17) is 23.2 Å². The first-order valence-electron chi connectivity index (χ1n) is 12.1. The predicted octanol–water partition coefficient (Wildman–Crippen LogP) is 3.39. The van der Waals surface area contributed by atoms with Crippen LogP contribution in [0.25, 0.3) is 0 Å². The van der Waals surface area contributed by atoms with Crippen molar-refractivity contribution in [3.8, 4) is 0 Å². The number of amides is 2. The van der Waals surface area contributed by atoms with Crippen molar-refractivity contribution in [3.05, 3.63) is 63.1 Å². The largest absolute Gasteiger partial charge is 0.380 e. The van der Waals surface area contributed by atoms with Crippen molar-refractivity contribution in [2.24, 2.45) is 0 Å². The van der Waals surface area contributed by atoms with Crippen molar-refractivity contribution in [2.75, 3.05) is 38.0 Å². The summed E-state index contributed by atoms with van der Waals surface area (Å²) >= 11 is 12.4. The van der Waals surface area contributed by atoms with Crippen molar-refractivity contribution in [1.29, 1.82) is 0 Å². The molecule has 0 bridgehead atoms. The Morgan fingerprint density at radius 2 is 1.89 bits per heavy atom. The number of likely N-dealkylation sites (tertiary alicyclic amines) is 2. The number of fused-ring (bicyclic) bond motifs is 1. The zero-order valence-electron chi connectivity index (χ0n) is 20.2. The normalized spacial score (nSPS) is 20.4. The first-order valence-corrected chi connectivity index (χ1v) is 12.9. The first-order chi connectivity index (χ1) is 16.7. The summed E-state index contributed by atoms with van der Waals surface area (Å²) in [7, 11) is 0. The van der Waals surface area contributed by atoms with Gasteiger partial charge in [0.15, 0.2) is 5.60 Å². The molecule has 2 aromatic carbocycles. The minimum absolute atomic E-state index is 0. The molecule has 3 heterocycles. The first kappa shape index (κ1) is 27.1. The maximum absolute atomic E-state index is 13.1. The molecule has 3 aliphatic rings. The summed E-state index contributed by atoms with van der Waals surface area (Å²) in [6.45, 7) is 5.27. The summed E-state index contributed by atoms with van der Waals surface area (Å²) < 4.78 is 0. The van der Waals surface area contributed by atoms with Gasteiger partial charge in [-0.2, -0.15) is 13.5 Å². The molecule has 2 aromatic rings. The molecule has 3 N–H and O–H groups in total. The summed E-state index contributed by atoms with van der Waals surface area (Å²) in [5.41, 5.74) is 1.45. The summed E-state index contributed by atoms with van der Waals surface area (Å²) in [5.74, 6) is -0.379. The van der Waals surface area contributed by atoms with Crippen LogP contribution in [0.15, 0.2) is 36.4 Å². The zero-order chi connectivity index (χ0) is 24.7. The van der Waals surface area contributed by atoms with Gasteiger partial charge in [-0.3, -0.25) is 14.5 Å². The maximum atomic E-state index is 13.1. The number of piperidine rings is 1. The predicted molar refractivity (Wildman–Crippen MR) is 147 cm³/mol. The zero-order valence-corrected chi connectivity index (χ0v) is 22.7. The molecule has 2 fully saturated rings. The Morgan fingerprint density at radius 3 is 2.58 bits per heavy atom. The number of anilines is 1. The second-order valence-electron chi connectivity index (χ2n) is 9.90. The van der Waals surface area contributed by atoms with Crippen molar-refractivity contribution in [2.45, 2.75) is 43.9 Å². The molecule has 0 saturated carbocycles. The fourth-order valence-corrected chi connectivity index (χ4v) is 5.91. The second-order valence-corrected chi connectivity index (χ2v) is 10.7. The van der Waals surface area contributed by atoms with Crippen molar-refractivity contribution >= 4 is 54.2 Å². The molecule has 36 heavy (non-hydrogen) atoms. The van der Waals surface area contributed by atoms with Crippen LogP contribution in [0.1, 0.15) is 41.3 Å². The van der Waals surface area contributed by atoms with E-state index in [1.165, 1.54) is 6.92 Å². The summed E-state index contributed by atoms with van der Waals surface area (Å²) in [6.07, 6.45) is 2.54. The lowest BCUT2D eigenvalue weighted by Gasteiger charge is -2.48. The molecule has 0 unspecified atom stereocenters. The van der Waals surface area contributed by atoms with Gasteiger partial charge in [0.1, 0.15) is 0 Å². The number of rotatable bonds is 5. The monoisotopic (exact) mass is 550 g/mol. The van der Waals surface area contributed by atoms with Gasteiger partial charge in [-0.1, -0.05) is 35.3 Å². The van der Waals surface area contributed by atoms with Crippen LogP contribution in [0, 0.1) is 0 Å². The van der Waals surface area contributed by atoms with Crippen LogP contribution in [-0.2, 0) is 16.8 Å². The van der Waals surface area contributed by atoms with Gasteiger partial charge in [0, 0.05) is 49.5 Å². The van der Waals surface area contributed by atoms with Gasteiger partial charge < -0.3 is 20.6 Å². The van der Waals surface area contributed by atoms with Crippen molar-refractivity contribution in [3.63, 3.8) is 0 Å². The number of nitrogens with zero attached hydrogens (tertiary/aromatic N) is 2. The Labute approximate surface area is 228 Å². The molecule has 0 aromatic heterocycles. The number of aliphatic hydroxyl groups is 1. The van der Waals surface area contributed by atoms with Crippen LogP contribution >= 0.6 is 36.7 Å². The van der Waals surface area contributed by atoms with E-state index < -0.39 is 5.60 Å². The second kappa shape index (κ2) is 10.8. The van der Waals surface area contributed by atoms with Crippen LogP contribution < -0.4 is 10.6 Å². The van der Waals surface area contributed by atoms with Gasteiger partial charge in [0.25, 0.3) is 11.8 Å². The van der Waals surface area contributed by atoms with Gasteiger partial charge in [-0.25, -0.2) is 0 Å². The van der Waals surface area contributed by atoms with E-state index in [9.17, 15) is 14.7 Å². The molecule has 2 saturated heterocycles. The van der Waals surface area contributed by atoms with E-state index in [0.29, 0.717) is 52.9 Å². The van der Waals surface area contributed by atoms with Crippen LogP contribution in [0.2, 0.25) is 10.0 Å². The molecular formula is C26H32Cl2N4O3S. The number of carbonyl (C=O) groups is 2. The summed E-state index contributed by atoms with van der Waals surface area (Å²) in [6, 6.07) is 11.5. The third-order valence-electron chi connectivity index (χ3n) is 7.43. The van der Waals surface area contributed by atoms with Crippen LogP contribution in [-0.4, -0.2) is 71.5 Å². The van der Waals surface area contributed by atoms with Gasteiger partial charge in [0.2, 0.25) is 0 Å². The molecule has 5 rings (SSSR count). The number of benzene rings is 2. The molecule has 0 radical (unpaired) electrons. The van der Waals surface area contributed by atoms with E-state index in [2.05, 4.69) is 15.5 Å². The fraction of sp³-hybridized carbons (Fsp3) is 0.462. The highest BCUT2D eigenvalue weighted by Crippen LogP contribution is 2.31.